The largest absolute Gasteiger partial charge is 0.399 e. The highest BCUT2D eigenvalue weighted by Crippen LogP contribution is 2.20. The average molecular weight is 245 g/mol. The summed E-state index contributed by atoms with van der Waals surface area (Å²) in [7, 11) is 1.73. The number of nitrogens with zero attached hydrogens (tertiary/aromatic N) is 2. The van der Waals surface area contributed by atoms with Gasteiger partial charge in [0.1, 0.15) is 5.82 Å². The lowest BCUT2D eigenvalue weighted by Crippen LogP contribution is -2.01. The molecule has 0 aliphatic carbocycles. The second-order valence-corrected chi connectivity index (χ2v) is 4.27. The number of hydrogen-bond acceptors (Lipinski definition) is 3. The van der Waals surface area contributed by atoms with E-state index >= 15 is 0 Å². The van der Waals surface area contributed by atoms with Gasteiger partial charge in [-0.15, -0.1) is 0 Å². The summed E-state index contributed by atoms with van der Waals surface area (Å²) < 4.78 is 7.21. The van der Waals surface area contributed by atoms with Crippen LogP contribution in [0.3, 0.4) is 0 Å². The number of nitrogen functional groups attached to an aromatic ring is 1. The molecule has 2 aromatic rings. The zero-order chi connectivity index (χ0) is 12.8. The topological polar surface area (TPSA) is 53.1 Å². The van der Waals surface area contributed by atoms with E-state index in [1.54, 1.807) is 7.11 Å². The molecule has 0 fully saturated rings. The van der Waals surface area contributed by atoms with Crippen LogP contribution in [0.25, 0.3) is 11.4 Å². The zero-order valence-electron chi connectivity index (χ0n) is 10.7. The molecule has 18 heavy (non-hydrogen) atoms. The highest BCUT2D eigenvalue weighted by molar-refractivity contribution is 5.61. The molecule has 0 saturated heterocycles. The van der Waals surface area contributed by atoms with Gasteiger partial charge in [0, 0.05) is 43.9 Å². The van der Waals surface area contributed by atoms with Gasteiger partial charge in [0.25, 0.3) is 0 Å². The number of methoxy groups -OCH3 is 1. The van der Waals surface area contributed by atoms with Crippen LogP contribution in [0.4, 0.5) is 5.69 Å². The van der Waals surface area contributed by atoms with Gasteiger partial charge in [0.2, 0.25) is 0 Å². The second kappa shape index (κ2) is 6.21. The lowest BCUT2D eigenvalue weighted by Gasteiger charge is -2.08. The maximum Gasteiger partial charge on any atom is 0.139 e. The summed E-state index contributed by atoms with van der Waals surface area (Å²) in [5, 5.41) is 0. The Morgan fingerprint density at radius 2 is 2.22 bits per heavy atom. The summed E-state index contributed by atoms with van der Waals surface area (Å²) in [6, 6.07) is 7.82. The number of aryl methyl sites for hydroxylation is 1. The van der Waals surface area contributed by atoms with Crippen LogP contribution in [0.2, 0.25) is 0 Å². The van der Waals surface area contributed by atoms with Crippen LogP contribution in [0, 0.1) is 0 Å². The summed E-state index contributed by atoms with van der Waals surface area (Å²) in [6.45, 7) is 1.76. The van der Waals surface area contributed by atoms with Crippen molar-refractivity contribution in [2.24, 2.45) is 0 Å². The Hall–Kier alpha value is -1.81. The molecule has 1 aromatic carbocycles. The third-order valence-corrected chi connectivity index (χ3v) is 2.86. The molecule has 0 saturated carbocycles. The van der Waals surface area contributed by atoms with Crippen LogP contribution in [-0.2, 0) is 11.3 Å². The van der Waals surface area contributed by atoms with E-state index in [0.29, 0.717) is 0 Å². The smallest absolute Gasteiger partial charge is 0.139 e. The molecule has 2 rings (SSSR count). The molecular weight excluding hydrogens is 226 g/mol. The zero-order valence-corrected chi connectivity index (χ0v) is 10.7. The van der Waals surface area contributed by atoms with E-state index in [9.17, 15) is 0 Å². The normalized spacial score (nSPS) is 10.7. The van der Waals surface area contributed by atoms with Crippen molar-refractivity contribution in [1.29, 1.82) is 0 Å². The van der Waals surface area contributed by atoms with Gasteiger partial charge in [-0.1, -0.05) is 12.1 Å². The highest BCUT2D eigenvalue weighted by Gasteiger charge is 2.05. The van der Waals surface area contributed by atoms with Crippen molar-refractivity contribution in [2.75, 3.05) is 19.5 Å². The van der Waals surface area contributed by atoms with Gasteiger partial charge >= 0.3 is 0 Å². The maximum absolute atomic E-state index is 5.80. The van der Waals surface area contributed by atoms with E-state index in [-0.39, 0.29) is 0 Å². The molecule has 0 aliphatic rings. The number of nitrogens with two attached hydrogens (primary N) is 1. The van der Waals surface area contributed by atoms with E-state index < -0.39 is 0 Å². The van der Waals surface area contributed by atoms with E-state index in [2.05, 4.69) is 9.55 Å². The molecule has 0 bridgehead atoms. The van der Waals surface area contributed by atoms with Crippen LogP contribution in [0.5, 0.6) is 0 Å². The van der Waals surface area contributed by atoms with E-state index in [0.717, 1.165) is 43.1 Å². The van der Waals surface area contributed by atoms with Gasteiger partial charge in [-0.05, 0) is 25.0 Å². The molecule has 0 unspecified atom stereocenters. The van der Waals surface area contributed by atoms with Crippen molar-refractivity contribution >= 4 is 5.69 Å². The Kier molecular flexibility index (Phi) is 4.36. The highest BCUT2D eigenvalue weighted by atomic mass is 16.5. The molecule has 1 aromatic heterocycles. The molecular formula is C14H19N3O. The molecule has 4 heteroatoms. The van der Waals surface area contributed by atoms with Crippen molar-refractivity contribution < 1.29 is 4.74 Å². The van der Waals surface area contributed by atoms with Crippen molar-refractivity contribution in [3.05, 3.63) is 36.7 Å². The van der Waals surface area contributed by atoms with Crippen LogP contribution in [0.1, 0.15) is 12.8 Å². The quantitative estimate of drug-likeness (QED) is 0.628. The average Bonchev–Trinajstić information content (AvgIpc) is 2.83. The predicted octanol–water partition coefficient (Wildman–Crippen LogP) is 2.56. The maximum atomic E-state index is 5.80. The van der Waals surface area contributed by atoms with Gasteiger partial charge in [0.05, 0.1) is 0 Å². The summed E-state index contributed by atoms with van der Waals surface area (Å²) >= 11 is 0. The molecule has 96 valence electrons. The molecule has 0 aliphatic heterocycles. The first-order valence-corrected chi connectivity index (χ1v) is 6.17. The van der Waals surface area contributed by atoms with E-state index in [1.165, 1.54) is 0 Å². The number of benzene rings is 1. The third kappa shape index (κ3) is 3.11. The monoisotopic (exact) mass is 245 g/mol. The Morgan fingerprint density at radius 1 is 1.33 bits per heavy atom. The SMILES string of the molecule is COCCCCn1ccnc1-c1cccc(N)c1. The number of imidazole rings is 1. The number of aromatic nitrogens is 2. The summed E-state index contributed by atoms with van der Waals surface area (Å²) in [5.74, 6) is 0.972. The molecule has 0 amide bonds. The molecule has 1 heterocycles. The van der Waals surface area contributed by atoms with Crippen LogP contribution in [0.15, 0.2) is 36.7 Å². The summed E-state index contributed by atoms with van der Waals surface area (Å²) in [5.41, 5.74) is 7.63. The predicted molar refractivity (Wildman–Crippen MR) is 73.2 cm³/mol. The Morgan fingerprint density at radius 3 is 3.00 bits per heavy atom. The number of rotatable bonds is 6. The molecule has 0 radical (unpaired) electrons. The van der Waals surface area contributed by atoms with E-state index in [1.807, 2.05) is 36.7 Å². The lowest BCUT2D eigenvalue weighted by molar-refractivity contribution is 0.191. The summed E-state index contributed by atoms with van der Waals surface area (Å²) in [6.07, 6.45) is 5.98. The second-order valence-electron chi connectivity index (χ2n) is 4.27. The third-order valence-electron chi connectivity index (χ3n) is 2.86. The van der Waals surface area contributed by atoms with Crippen molar-refractivity contribution in [2.45, 2.75) is 19.4 Å². The van der Waals surface area contributed by atoms with Crippen LogP contribution < -0.4 is 5.73 Å². The Balaban J connectivity index is 2.08. The fourth-order valence-electron chi connectivity index (χ4n) is 1.96. The van der Waals surface area contributed by atoms with Gasteiger partial charge in [-0.2, -0.15) is 0 Å². The summed E-state index contributed by atoms with van der Waals surface area (Å²) in [4.78, 5) is 4.40. The van der Waals surface area contributed by atoms with E-state index in [4.69, 9.17) is 10.5 Å². The fourth-order valence-corrected chi connectivity index (χ4v) is 1.96. The van der Waals surface area contributed by atoms with Gasteiger partial charge in [-0.3, -0.25) is 0 Å². The molecule has 2 N–H and O–H groups in total. The minimum atomic E-state index is 0.765. The first kappa shape index (κ1) is 12.6. The fraction of sp³-hybridized carbons (Fsp3) is 0.357. The van der Waals surface area contributed by atoms with Gasteiger partial charge in [-0.25, -0.2) is 4.98 Å². The number of anilines is 1. The van der Waals surface area contributed by atoms with Crippen molar-refractivity contribution in [3.63, 3.8) is 0 Å². The minimum Gasteiger partial charge on any atom is -0.399 e. The number of hydrogen-bond donors (Lipinski definition) is 1. The first-order valence-electron chi connectivity index (χ1n) is 6.17. The molecule has 0 atom stereocenters. The van der Waals surface area contributed by atoms with Crippen LogP contribution >= 0.6 is 0 Å². The van der Waals surface area contributed by atoms with Crippen LogP contribution in [-0.4, -0.2) is 23.3 Å². The number of unbranched alkanes of at least 4 members (excludes halogenated alkanes) is 1. The first-order chi connectivity index (χ1) is 8.81. The van der Waals surface area contributed by atoms with Crippen molar-refractivity contribution in [1.82, 2.24) is 9.55 Å². The van der Waals surface area contributed by atoms with Gasteiger partial charge in [0.15, 0.2) is 0 Å². The minimum absolute atomic E-state index is 0.765. The van der Waals surface area contributed by atoms with Gasteiger partial charge < -0.3 is 15.0 Å². The molecule has 4 nitrogen and oxygen atoms in total. The molecule has 0 spiro atoms. The standard InChI is InChI=1S/C14H19N3O/c1-18-10-3-2-8-17-9-7-16-14(17)12-5-4-6-13(15)11-12/h4-7,9,11H,2-3,8,10,15H2,1H3. The lowest BCUT2D eigenvalue weighted by atomic mass is 10.2. The Labute approximate surface area is 107 Å². The Bertz CT molecular complexity index is 493. The van der Waals surface area contributed by atoms with Crippen molar-refractivity contribution in [3.8, 4) is 11.4 Å². The number of ether oxygens (including phenoxy) is 1.